The van der Waals surface area contributed by atoms with Crippen molar-refractivity contribution in [1.29, 1.82) is 0 Å². The highest BCUT2D eigenvalue weighted by Gasteiger charge is 2.16. The van der Waals surface area contributed by atoms with Gasteiger partial charge in [-0.3, -0.25) is 19.0 Å². The van der Waals surface area contributed by atoms with Crippen LogP contribution in [0.25, 0.3) is 21.8 Å². The first-order valence-electron chi connectivity index (χ1n) is 11.2. The minimum atomic E-state index is -0.238. The molecule has 2 heterocycles. The molecule has 2 aromatic heterocycles. The number of rotatable bonds is 9. The Morgan fingerprint density at radius 1 is 1.12 bits per heavy atom. The van der Waals surface area contributed by atoms with Crippen molar-refractivity contribution in [3.05, 3.63) is 80.9 Å². The number of para-hydroxylation sites is 2. The van der Waals surface area contributed by atoms with Gasteiger partial charge in [-0.1, -0.05) is 24.3 Å². The Kier molecular flexibility index (Phi) is 7.12. The number of aromatic nitrogens is 4. The van der Waals surface area contributed by atoms with Crippen LogP contribution in [0.4, 0.5) is 0 Å². The topological polar surface area (TPSA) is 110 Å². The van der Waals surface area contributed by atoms with Crippen molar-refractivity contribution in [3.8, 4) is 0 Å². The zero-order valence-corrected chi connectivity index (χ0v) is 19.3. The summed E-state index contributed by atoms with van der Waals surface area (Å²) in [6.07, 6.45) is 2.25. The van der Waals surface area contributed by atoms with Gasteiger partial charge in [0.15, 0.2) is 0 Å². The molecule has 1 N–H and O–H groups in total. The first kappa shape index (κ1) is 23.3. The van der Waals surface area contributed by atoms with Crippen molar-refractivity contribution in [2.45, 2.75) is 32.9 Å². The van der Waals surface area contributed by atoms with Crippen LogP contribution in [0.5, 0.6) is 0 Å². The molecule has 4 rings (SSSR count). The molecule has 0 aliphatic heterocycles. The van der Waals surface area contributed by atoms with Crippen molar-refractivity contribution >= 4 is 27.7 Å². The summed E-state index contributed by atoms with van der Waals surface area (Å²) in [5.41, 5.74) is 1.88. The fourth-order valence-electron chi connectivity index (χ4n) is 3.94. The third-order valence-electron chi connectivity index (χ3n) is 5.77. The van der Waals surface area contributed by atoms with E-state index in [4.69, 9.17) is 4.74 Å². The summed E-state index contributed by atoms with van der Waals surface area (Å²) < 4.78 is 6.69. The molecule has 0 aliphatic rings. The van der Waals surface area contributed by atoms with E-state index in [-0.39, 0.29) is 30.0 Å². The van der Waals surface area contributed by atoms with E-state index in [1.54, 1.807) is 36.3 Å². The Morgan fingerprint density at radius 3 is 2.74 bits per heavy atom. The van der Waals surface area contributed by atoms with Gasteiger partial charge >= 0.3 is 0 Å². The summed E-state index contributed by atoms with van der Waals surface area (Å²) in [6, 6.07) is 12.6. The van der Waals surface area contributed by atoms with Gasteiger partial charge in [0.2, 0.25) is 5.91 Å². The number of aromatic amines is 1. The van der Waals surface area contributed by atoms with Crippen LogP contribution in [0.3, 0.4) is 0 Å². The normalized spacial score (nSPS) is 11.2. The van der Waals surface area contributed by atoms with Gasteiger partial charge in [-0.2, -0.15) is 0 Å². The third-order valence-corrected chi connectivity index (χ3v) is 5.77. The van der Waals surface area contributed by atoms with Crippen LogP contribution in [0, 0.1) is 6.92 Å². The van der Waals surface area contributed by atoms with Gasteiger partial charge in [-0.25, -0.2) is 9.97 Å². The smallest absolute Gasteiger partial charge is 0.261 e. The second-order valence-corrected chi connectivity index (χ2v) is 8.16. The number of hydrogen-bond donors (Lipinski definition) is 1. The van der Waals surface area contributed by atoms with Gasteiger partial charge in [-0.15, -0.1) is 0 Å². The Bertz CT molecular complexity index is 1440. The molecule has 0 saturated heterocycles. The predicted molar refractivity (Wildman–Crippen MR) is 130 cm³/mol. The second-order valence-electron chi connectivity index (χ2n) is 8.16. The molecule has 0 bridgehead atoms. The maximum absolute atomic E-state index is 13.0. The largest absolute Gasteiger partial charge is 0.383 e. The van der Waals surface area contributed by atoms with Crippen LogP contribution >= 0.6 is 0 Å². The van der Waals surface area contributed by atoms with Gasteiger partial charge < -0.3 is 14.6 Å². The average Bonchev–Trinajstić information content (AvgIpc) is 2.83. The molecule has 34 heavy (non-hydrogen) atoms. The number of H-pyrrole nitrogens is 1. The van der Waals surface area contributed by atoms with E-state index in [9.17, 15) is 14.4 Å². The highest BCUT2D eigenvalue weighted by molar-refractivity contribution is 5.80. The number of hydrogen-bond acceptors (Lipinski definition) is 6. The monoisotopic (exact) mass is 461 g/mol. The standard InChI is InChI=1S/C25H27N5O4/c1-17-7-5-9-19-23(17)26-16-30(25(19)33)12-6-11-22(31)29(13-14-34-2)15-21-27-20-10-4-3-8-18(20)24(32)28-21/h3-5,7-10,16H,6,11-15H2,1-2H3,(H,27,28,32). The predicted octanol–water partition coefficient (Wildman–Crippen LogP) is 2.40. The summed E-state index contributed by atoms with van der Waals surface area (Å²) in [4.78, 5) is 51.4. The number of amides is 1. The molecule has 0 unspecified atom stereocenters. The van der Waals surface area contributed by atoms with Crippen molar-refractivity contribution < 1.29 is 9.53 Å². The van der Waals surface area contributed by atoms with Gasteiger partial charge in [0.05, 0.1) is 41.3 Å². The SMILES string of the molecule is COCCN(Cc1nc2ccccc2c(=O)[nH]1)C(=O)CCCn1cnc2c(C)cccc2c1=O. The molecule has 1 amide bonds. The molecule has 0 spiro atoms. The molecule has 9 nitrogen and oxygen atoms in total. The number of nitrogens with one attached hydrogen (secondary N) is 1. The van der Waals surface area contributed by atoms with Gasteiger partial charge in [0.1, 0.15) is 5.82 Å². The summed E-state index contributed by atoms with van der Waals surface area (Å²) in [7, 11) is 1.57. The molecule has 0 radical (unpaired) electrons. The number of ether oxygens (including phenoxy) is 1. The summed E-state index contributed by atoms with van der Waals surface area (Å²) in [5.74, 6) is 0.309. The molecular formula is C25H27N5O4. The quantitative estimate of drug-likeness (QED) is 0.410. The Hall–Kier alpha value is -3.85. The number of carbonyl (C=O) groups excluding carboxylic acids is 1. The lowest BCUT2D eigenvalue weighted by atomic mass is 10.1. The minimum Gasteiger partial charge on any atom is -0.383 e. The molecule has 4 aromatic rings. The van der Waals surface area contributed by atoms with E-state index in [1.165, 1.54) is 10.9 Å². The zero-order chi connectivity index (χ0) is 24.1. The van der Waals surface area contributed by atoms with Crippen LogP contribution in [0.2, 0.25) is 0 Å². The lowest BCUT2D eigenvalue weighted by Crippen LogP contribution is -2.35. The molecule has 9 heteroatoms. The molecular weight excluding hydrogens is 434 g/mol. The second kappa shape index (κ2) is 10.4. The van der Waals surface area contributed by atoms with Gasteiger partial charge in [0, 0.05) is 26.6 Å². The van der Waals surface area contributed by atoms with E-state index >= 15 is 0 Å². The summed E-state index contributed by atoms with van der Waals surface area (Å²) >= 11 is 0. The highest BCUT2D eigenvalue weighted by atomic mass is 16.5. The van der Waals surface area contributed by atoms with E-state index in [1.807, 2.05) is 25.1 Å². The van der Waals surface area contributed by atoms with Crippen molar-refractivity contribution in [3.63, 3.8) is 0 Å². The number of fused-ring (bicyclic) bond motifs is 2. The molecule has 0 atom stereocenters. The first-order chi connectivity index (χ1) is 16.5. The summed E-state index contributed by atoms with van der Waals surface area (Å²) in [5, 5.41) is 1.08. The molecule has 0 fully saturated rings. The fraction of sp³-hybridized carbons (Fsp3) is 0.320. The molecule has 2 aromatic carbocycles. The van der Waals surface area contributed by atoms with Crippen molar-refractivity contribution in [2.24, 2.45) is 0 Å². The maximum atomic E-state index is 13.0. The van der Waals surface area contributed by atoms with Crippen LogP contribution in [-0.4, -0.2) is 50.6 Å². The van der Waals surface area contributed by atoms with Gasteiger partial charge in [0.25, 0.3) is 11.1 Å². The van der Waals surface area contributed by atoms with E-state index in [0.29, 0.717) is 53.7 Å². The van der Waals surface area contributed by atoms with E-state index in [0.717, 1.165) is 5.56 Å². The fourth-order valence-corrected chi connectivity index (χ4v) is 3.94. The zero-order valence-electron chi connectivity index (χ0n) is 19.3. The number of aryl methyl sites for hydroxylation is 2. The lowest BCUT2D eigenvalue weighted by Gasteiger charge is -2.22. The third kappa shape index (κ3) is 5.04. The molecule has 176 valence electrons. The van der Waals surface area contributed by atoms with Gasteiger partial charge in [-0.05, 0) is 37.1 Å². The number of nitrogens with zero attached hydrogens (tertiary/aromatic N) is 4. The van der Waals surface area contributed by atoms with Crippen LogP contribution in [0.15, 0.2) is 58.4 Å². The Morgan fingerprint density at radius 2 is 1.91 bits per heavy atom. The highest BCUT2D eigenvalue weighted by Crippen LogP contribution is 2.12. The molecule has 0 saturated carbocycles. The number of carbonyl (C=O) groups is 1. The molecule has 0 aliphatic carbocycles. The average molecular weight is 462 g/mol. The van der Waals surface area contributed by atoms with Crippen molar-refractivity contribution in [1.82, 2.24) is 24.4 Å². The summed E-state index contributed by atoms with van der Waals surface area (Å²) in [6.45, 7) is 3.19. The van der Waals surface area contributed by atoms with E-state index < -0.39 is 0 Å². The first-order valence-corrected chi connectivity index (χ1v) is 11.2. The number of benzene rings is 2. The Labute approximate surface area is 196 Å². The minimum absolute atomic E-state index is 0.106. The Balaban J connectivity index is 1.45. The van der Waals surface area contributed by atoms with Crippen LogP contribution in [0.1, 0.15) is 24.2 Å². The number of methoxy groups -OCH3 is 1. The van der Waals surface area contributed by atoms with Crippen LogP contribution < -0.4 is 11.1 Å². The maximum Gasteiger partial charge on any atom is 0.261 e. The van der Waals surface area contributed by atoms with E-state index in [2.05, 4.69) is 15.0 Å². The van der Waals surface area contributed by atoms with Crippen molar-refractivity contribution in [2.75, 3.05) is 20.3 Å². The van der Waals surface area contributed by atoms with Crippen LogP contribution in [-0.2, 0) is 22.6 Å². The lowest BCUT2D eigenvalue weighted by molar-refractivity contribution is -0.132.